The zero-order valence-electron chi connectivity index (χ0n) is 26.7. The normalized spacial score (nSPS) is 20.9. The van der Waals surface area contributed by atoms with Gasteiger partial charge < -0.3 is 35.6 Å². The molecule has 0 atom stereocenters. The van der Waals surface area contributed by atoms with E-state index in [1.807, 2.05) is 37.9 Å². The number of amidine groups is 1. The summed E-state index contributed by atoms with van der Waals surface area (Å²) in [6.07, 6.45) is 10.0. The van der Waals surface area contributed by atoms with E-state index in [2.05, 4.69) is 47.6 Å². The van der Waals surface area contributed by atoms with Crippen molar-refractivity contribution < 1.29 is 14.3 Å². The number of amides is 1. The van der Waals surface area contributed by atoms with Crippen LogP contribution >= 0.6 is 0 Å². The van der Waals surface area contributed by atoms with Crippen LogP contribution in [-0.2, 0) is 9.47 Å². The highest BCUT2D eigenvalue weighted by Gasteiger charge is 2.36. The molecular weight excluding hydrogens is 540 g/mol. The molecule has 43 heavy (non-hydrogen) atoms. The molecule has 1 aromatic rings. The zero-order chi connectivity index (χ0) is 30.6. The fourth-order valence-corrected chi connectivity index (χ4v) is 6.29. The number of rotatable bonds is 7. The molecule has 4 N–H and O–H groups in total. The Morgan fingerprint density at radius 3 is 2.47 bits per heavy atom. The largest absolute Gasteiger partial charge is 0.444 e. The molecule has 3 heterocycles. The molecule has 9 heteroatoms. The van der Waals surface area contributed by atoms with E-state index >= 15 is 0 Å². The van der Waals surface area contributed by atoms with E-state index in [1.54, 1.807) is 5.57 Å². The van der Waals surface area contributed by atoms with Crippen molar-refractivity contribution in [3.05, 3.63) is 58.4 Å². The van der Waals surface area contributed by atoms with Crippen LogP contribution in [0.5, 0.6) is 0 Å². The van der Waals surface area contributed by atoms with E-state index in [0.29, 0.717) is 25.5 Å². The third-order valence-corrected chi connectivity index (χ3v) is 9.06. The van der Waals surface area contributed by atoms with Crippen molar-refractivity contribution in [1.29, 1.82) is 0 Å². The number of aryl methyl sites for hydroxylation is 1. The number of aliphatic imine (C=N–C) groups is 1. The highest BCUT2D eigenvalue weighted by Crippen LogP contribution is 2.38. The van der Waals surface area contributed by atoms with Gasteiger partial charge in [0.15, 0.2) is 0 Å². The van der Waals surface area contributed by atoms with Gasteiger partial charge in [-0.2, -0.15) is 0 Å². The number of nitrogens with one attached hydrogen (secondary N) is 2. The van der Waals surface area contributed by atoms with Crippen molar-refractivity contribution in [2.24, 2.45) is 10.7 Å². The summed E-state index contributed by atoms with van der Waals surface area (Å²) >= 11 is 0. The lowest BCUT2D eigenvalue weighted by atomic mass is 9.84. The van der Waals surface area contributed by atoms with Crippen LogP contribution in [0.3, 0.4) is 0 Å². The molecule has 3 fully saturated rings. The van der Waals surface area contributed by atoms with Gasteiger partial charge in [-0.25, -0.2) is 9.79 Å². The van der Waals surface area contributed by atoms with E-state index in [0.717, 1.165) is 62.5 Å². The Bertz CT molecular complexity index is 1300. The van der Waals surface area contributed by atoms with Gasteiger partial charge in [-0.05, 0) is 102 Å². The first-order chi connectivity index (χ1) is 20.6. The third kappa shape index (κ3) is 7.37. The van der Waals surface area contributed by atoms with Gasteiger partial charge >= 0.3 is 6.09 Å². The monoisotopic (exact) mass is 590 g/mol. The summed E-state index contributed by atoms with van der Waals surface area (Å²) in [7, 11) is 0. The molecule has 1 aromatic carbocycles. The number of hydrogen-bond donors (Lipinski definition) is 3. The molecule has 0 aromatic heterocycles. The molecule has 234 valence electrons. The standard InChI is InChI=1S/C34H50N6O3/c1-6-34(13-16-40(17-14-34)32(41)43-33(3,4)5)38-29-12-15-36-23-28(29)31(35)37-26-10-11-27(24(2)22-26)30(25-8-7-9-25)39-18-20-42-21-19-39/h10-12,15,22,36,38H,6-9,13-14,16-21,23H2,1-5H3,(H2,35,37). The number of piperidine rings is 1. The first-order valence-corrected chi connectivity index (χ1v) is 16.0. The van der Waals surface area contributed by atoms with Crippen LogP contribution in [-0.4, -0.2) is 78.8 Å². The minimum Gasteiger partial charge on any atom is -0.444 e. The second kappa shape index (κ2) is 13.0. The Hall–Kier alpha value is -3.46. The van der Waals surface area contributed by atoms with Crippen molar-refractivity contribution in [1.82, 2.24) is 20.4 Å². The lowest BCUT2D eigenvalue weighted by Crippen LogP contribution is -2.54. The van der Waals surface area contributed by atoms with Gasteiger partial charge in [0.25, 0.3) is 0 Å². The Morgan fingerprint density at radius 2 is 1.86 bits per heavy atom. The smallest absolute Gasteiger partial charge is 0.410 e. The second-order valence-corrected chi connectivity index (χ2v) is 13.2. The molecular formula is C34H50N6O3. The minimum atomic E-state index is -0.497. The second-order valence-electron chi connectivity index (χ2n) is 13.2. The molecule has 0 spiro atoms. The molecule has 1 saturated carbocycles. The van der Waals surface area contributed by atoms with Gasteiger partial charge in [0.1, 0.15) is 11.4 Å². The Kier molecular flexibility index (Phi) is 9.39. The van der Waals surface area contributed by atoms with Gasteiger partial charge in [-0.15, -0.1) is 0 Å². The molecule has 1 amide bonds. The fourth-order valence-electron chi connectivity index (χ4n) is 6.29. The van der Waals surface area contributed by atoms with Gasteiger partial charge in [-0.1, -0.05) is 13.0 Å². The summed E-state index contributed by atoms with van der Waals surface area (Å²) in [4.78, 5) is 21.9. The number of dihydropyridines is 1. The third-order valence-electron chi connectivity index (χ3n) is 9.06. The van der Waals surface area contributed by atoms with Crippen molar-refractivity contribution in [3.8, 4) is 0 Å². The van der Waals surface area contributed by atoms with Crippen molar-refractivity contribution in [2.75, 3.05) is 45.9 Å². The van der Waals surface area contributed by atoms with Crippen LogP contribution in [0.25, 0.3) is 5.70 Å². The van der Waals surface area contributed by atoms with Gasteiger partial charge in [0.05, 0.1) is 18.9 Å². The Morgan fingerprint density at radius 1 is 1.14 bits per heavy atom. The summed E-state index contributed by atoms with van der Waals surface area (Å²) in [5.41, 5.74) is 14.3. The van der Waals surface area contributed by atoms with Crippen molar-refractivity contribution >= 4 is 23.3 Å². The van der Waals surface area contributed by atoms with Gasteiger partial charge in [-0.3, -0.25) is 0 Å². The maximum atomic E-state index is 12.6. The summed E-state index contributed by atoms with van der Waals surface area (Å²) in [5, 5.41) is 7.14. The van der Waals surface area contributed by atoms with Crippen molar-refractivity contribution in [2.45, 2.75) is 84.3 Å². The van der Waals surface area contributed by atoms with Crippen LogP contribution in [0.15, 0.2) is 52.3 Å². The maximum absolute atomic E-state index is 12.6. The van der Waals surface area contributed by atoms with E-state index in [-0.39, 0.29) is 11.6 Å². The number of likely N-dealkylation sites (tertiary alicyclic amines) is 1. The molecule has 0 unspecified atom stereocenters. The number of hydrogen-bond acceptors (Lipinski definition) is 7. The fraction of sp³-hybridized carbons (Fsp3) is 0.588. The molecule has 3 aliphatic heterocycles. The molecule has 9 nitrogen and oxygen atoms in total. The Balaban J connectivity index is 1.33. The minimum absolute atomic E-state index is 0.135. The number of ether oxygens (including phenoxy) is 2. The maximum Gasteiger partial charge on any atom is 0.410 e. The van der Waals surface area contributed by atoms with E-state index in [1.165, 1.54) is 36.1 Å². The van der Waals surface area contributed by atoms with Crippen molar-refractivity contribution in [3.63, 3.8) is 0 Å². The van der Waals surface area contributed by atoms with Gasteiger partial charge in [0, 0.05) is 60.8 Å². The first-order valence-electron chi connectivity index (χ1n) is 16.0. The predicted octanol–water partition coefficient (Wildman–Crippen LogP) is 5.35. The van der Waals surface area contributed by atoms with Gasteiger partial charge in [0.2, 0.25) is 0 Å². The SMILES string of the molecule is CCC1(NC2=C(C(N)=Nc3ccc(C(=C4CCC4)N4CCOCC4)c(C)c3)CNC=C2)CCN(C(=O)OC(C)(C)C)CC1. The number of nitrogens with zero attached hydrogens (tertiary/aromatic N) is 3. The quantitative estimate of drug-likeness (QED) is 0.290. The average molecular weight is 591 g/mol. The summed E-state index contributed by atoms with van der Waals surface area (Å²) in [6, 6.07) is 6.46. The summed E-state index contributed by atoms with van der Waals surface area (Å²) in [5.74, 6) is 0.509. The summed E-state index contributed by atoms with van der Waals surface area (Å²) < 4.78 is 11.2. The zero-order valence-corrected chi connectivity index (χ0v) is 26.7. The van der Waals surface area contributed by atoms with Crippen LogP contribution in [0.2, 0.25) is 0 Å². The molecule has 0 radical (unpaired) electrons. The number of morpholine rings is 1. The number of carbonyl (C=O) groups is 1. The first kappa shape index (κ1) is 31.0. The summed E-state index contributed by atoms with van der Waals surface area (Å²) in [6.45, 7) is 15.4. The van der Waals surface area contributed by atoms with E-state index in [4.69, 9.17) is 20.2 Å². The average Bonchev–Trinajstić information content (AvgIpc) is 2.95. The van der Waals surface area contributed by atoms with Crippen LogP contribution in [0.4, 0.5) is 10.5 Å². The molecule has 4 aliphatic rings. The Labute approximate surface area is 257 Å². The van der Waals surface area contributed by atoms with Crippen LogP contribution in [0, 0.1) is 6.92 Å². The highest BCUT2D eigenvalue weighted by molar-refractivity contribution is 6.00. The lowest BCUT2D eigenvalue weighted by molar-refractivity contribution is 0.0151. The number of nitrogens with two attached hydrogens (primary N) is 1. The lowest BCUT2D eigenvalue weighted by Gasteiger charge is -2.43. The molecule has 2 saturated heterocycles. The van der Waals surface area contributed by atoms with Crippen LogP contribution < -0.4 is 16.4 Å². The number of carbonyl (C=O) groups excluding carboxylic acids is 1. The number of allylic oxidation sites excluding steroid dienone is 2. The topological polar surface area (TPSA) is 104 Å². The highest BCUT2D eigenvalue weighted by atomic mass is 16.6. The van der Waals surface area contributed by atoms with E-state index < -0.39 is 5.60 Å². The van der Waals surface area contributed by atoms with Crippen LogP contribution in [0.1, 0.15) is 77.3 Å². The molecule has 1 aliphatic carbocycles. The van der Waals surface area contributed by atoms with E-state index in [9.17, 15) is 4.79 Å². The number of benzene rings is 1. The predicted molar refractivity (Wildman–Crippen MR) is 173 cm³/mol. The molecule has 0 bridgehead atoms. The molecule has 5 rings (SSSR count).